The van der Waals surface area contributed by atoms with Gasteiger partial charge in [-0.2, -0.15) is 0 Å². The van der Waals surface area contributed by atoms with Crippen molar-refractivity contribution in [3.05, 3.63) is 112 Å². The lowest BCUT2D eigenvalue weighted by Gasteiger charge is -2.25. The van der Waals surface area contributed by atoms with Crippen molar-refractivity contribution in [2.45, 2.75) is 18.9 Å². The fourth-order valence-electron chi connectivity index (χ4n) is 4.05. The molecule has 1 unspecified atom stereocenters. The number of carbonyl (C=O) groups is 1. The fraction of sp³-hybridized carbons (Fsp3) is 0.160. The normalized spacial score (nSPS) is 17.6. The van der Waals surface area contributed by atoms with Gasteiger partial charge in [-0.05, 0) is 40.6 Å². The molecule has 2 aliphatic rings. The number of nitroso groups, excluding NO2 is 1. The van der Waals surface area contributed by atoms with Crippen LogP contribution < -0.4 is 5.32 Å². The van der Waals surface area contributed by atoms with Crippen LogP contribution in [0.15, 0.2) is 101 Å². The summed E-state index contributed by atoms with van der Waals surface area (Å²) in [5.41, 5.74) is 4.81. The van der Waals surface area contributed by atoms with E-state index in [9.17, 15) is 9.70 Å². The zero-order valence-corrected chi connectivity index (χ0v) is 17.3. The van der Waals surface area contributed by atoms with E-state index in [4.69, 9.17) is 4.99 Å². The summed E-state index contributed by atoms with van der Waals surface area (Å²) in [6.07, 6.45) is 2.85. The number of hydrogen-bond acceptors (Lipinski definition) is 6. The highest BCUT2D eigenvalue weighted by Gasteiger charge is 2.39. The highest BCUT2D eigenvalue weighted by molar-refractivity contribution is 6.05. The number of nitrogens with one attached hydrogen (secondary N) is 1. The minimum atomic E-state index is -0.399. The van der Waals surface area contributed by atoms with Gasteiger partial charge in [-0.1, -0.05) is 48.5 Å². The van der Waals surface area contributed by atoms with Gasteiger partial charge in [0.25, 0.3) is 5.91 Å². The molecule has 0 aliphatic carbocycles. The van der Waals surface area contributed by atoms with Crippen molar-refractivity contribution in [2.24, 2.45) is 10.2 Å². The number of fused-ring (bicyclic) bond motifs is 1. The summed E-state index contributed by atoms with van der Waals surface area (Å²) < 4.78 is 0. The molecule has 7 nitrogen and oxygen atoms in total. The number of aliphatic imine (C=N–C) groups is 1. The third kappa shape index (κ3) is 3.92. The molecule has 1 amide bonds. The number of hydrogen-bond donors (Lipinski definition) is 1. The standard InChI is InChI=1S/C25H21N5O2/c31-25-22(15-18-9-11-19(29-32)12-10-18)28-24-21(14-17-6-2-1-3-7-17)27-23(16-30(24)25)20-8-4-5-13-26-20/h1-13,22,28H,14-16H2. The first-order valence-corrected chi connectivity index (χ1v) is 10.5. The van der Waals surface area contributed by atoms with Crippen LogP contribution in [0.25, 0.3) is 0 Å². The highest BCUT2D eigenvalue weighted by Crippen LogP contribution is 2.28. The maximum atomic E-state index is 13.3. The molecule has 5 rings (SSSR count). The summed E-state index contributed by atoms with van der Waals surface area (Å²) in [5.74, 6) is 0.765. The summed E-state index contributed by atoms with van der Waals surface area (Å²) in [6.45, 7) is 0.376. The van der Waals surface area contributed by atoms with E-state index in [1.807, 2.05) is 48.5 Å². The molecule has 1 saturated heterocycles. The Morgan fingerprint density at radius 2 is 1.75 bits per heavy atom. The summed E-state index contributed by atoms with van der Waals surface area (Å²) in [4.78, 5) is 35.1. The highest BCUT2D eigenvalue weighted by atomic mass is 16.3. The minimum absolute atomic E-state index is 0.00600. The van der Waals surface area contributed by atoms with Crippen molar-refractivity contribution in [3.8, 4) is 0 Å². The molecular weight excluding hydrogens is 402 g/mol. The van der Waals surface area contributed by atoms with Crippen molar-refractivity contribution in [2.75, 3.05) is 6.54 Å². The van der Waals surface area contributed by atoms with E-state index >= 15 is 0 Å². The smallest absolute Gasteiger partial charge is 0.251 e. The number of pyridine rings is 1. The van der Waals surface area contributed by atoms with E-state index in [2.05, 4.69) is 27.6 Å². The van der Waals surface area contributed by atoms with Gasteiger partial charge in [-0.15, -0.1) is 4.91 Å². The van der Waals surface area contributed by atoms with Gasteiger partial charge in [0.1, 0.15) is 17.6 Å². The van der Waals surface area contributed by atoms with E-state index in [1.54, 1.807) is 23.2 Å². The number of allylic oxidation sites excluding steroid dienone is 1. The number of amides is 1. The number of aromatic nitrogens is 1. The van der Waals surface area contributed by atoms with Crippen molar-refractivity contribution in [1.82, 2.24) is 15.2 Å². The molecule has 2 aliphatic heterocycles. The van der Waals surface area contributed by atoms with Gasteiger partial charge in [0.15, 0.2) is 0 Å². The minimum Gasteiger partial charge on any atom is -0.358 e. The van der Waals surface area contributed by atoms with Crippen LogP contribution in [0.4, 0.5) is 5.69 Å². The quantitative estimate of drug-likeness (QED) is 0.612. The van der Waals surface area contributed by atoms with Crippen molar-refractivity contribution < 1.29 is 4.79 Å². The van der Waals surface area contributed by atoms with Gasteiger partial charge >= 0.3 is 0 Å². The molecule has 1 atom stereocenters. The monoisotopic (exact) mass is 423 g/mol. The molecule has 0 radical (unpaired) electrons. The average Bonchev–Trinajstić information content (AvgIpc) is 3.16. The molecular formula is C25H21N5O2. The third-order valence-corrected chi connectivity index (χ3v) is 5.65. The molecule has 0 spiro atoms. The largest absolute Gasteiger partial charge is 0.358 e. The van der Waals surface area contributed by atoms with Crippen LogP contribution in [0.5, 0.6) is 0 Å². The van der Waals surface area contributed by atoms with Gasteiger partial charge < -0.3 is 5.32 Å². The van der Waals surface area contributed by atoms with Gasteiger partial charge in [0, 0.05) is 19.0 Å². The molecule has 0 bridgehead atoms. The number of nitrogens with zero attached hydrogens (tertiary/aromatic N) is 4. The Balaban J connectivity index is 1.46. The third-order valence-electron chi connectivity index (χ3n) is 5.65. The van der Waals surface area contributed by atoms with E-state index in [-0.39, 0.29) is 5.91 Å². The van der Waals surface area contributed by atoms with Crippen molar-refractivity contribution in [1.29, 1.82) is 0 Å². The van der Waals surface area contributed by atoms with Crippen LogP contribution in [-0.4, -0.2) is 34.1 Å². The van der Waals surface area contributed by atoms with Gasteiger partial charge in [0.2, 0.25) is 0 Å². The molecule has 3 heterocycles. The summed E-state index contributed by atoms with van der Waals surface area (Å²) in [7, 11) is 0. The van der Waals surface area contributed by atoms with Crippen LogP contribution in [0.2, 0.25) is 0 Å². The zero-order chi connectivity index (χ0) is 21.9. The SMILES string of the molecule is O=Nc1ccc(CC2NC3=C(Cc4ccccc4)N=C(c4ccccn4)CN3C2=O)cc1. The molecule has 1 fully saturated rings. The van der Waals surface area contributed by atoms with E-state index in [1.165, 1.54) is 0 Å². The summed E-state index contributed by atoms with van der Waals surface area (Å²) in [5, 5.41) is 6.34. The van der Waals surface area contributed by atoms with Gasteiger partial charge in [-0.3, -0.25) is 14.7 Å². The Bertz CT molecular complexity index is 1200. The molecule has 32 heavy (non-hydrogen) atoms. The average molecular weight is 423 g/mol. The molecule has 3 aromatic rings. The lowest BCUT2D eigenvalue weighted by molar-refractivity contribution is -0.127. The van der Waals surface area contributed by atoms with Crippen molar-refractivity contribution >= 4 is 17.3 Å². The maximum Gasteiger partial charge on any atom is 0.251 e. The summed E-state index contributed by atoms with van der Waals surface area (Å²) in [6, 6.07) is 22.4. The Hall–Kier alpha value is -4.13. The Labute approximate surface area is 185 Å². The second-order valence-corrected chi connectivity index (χ2v) is 7.81. The van der Waals surface area contributed by atoms with Gasteiger partial charge in [0.05, 0.1) is 23.6 Å². The Kier molecular flexibility index (Phi) is 5.29. The van der Waals surface area contributed by atoms with Crippen LogP contribution >= 0.6 is 0 Å². The van der Waals surface area contributed by atoms with Crippen molar-refractivity contribution in [3.63, 3.8) is 0 Å². The predicted molar refractivity (Wildman–Crippen MR) is 122 cm³/mol. The molecule has 0 saturated carbocycles. The van der Waals surface area contributed by atoms with E-state index in [0.717, 1.165) is 34.1 Å². The molecule has 7 heteroatoms. The van der Waals surface area contributed by atoms with E-state index < -0.39 is 6.04 Å². The molecule has 1 aromatic heterocycles. The number of benzene rings is 2. The predicted octanol–water partition coefficient (Wildman–Crippen LogP) is 3.74. The van der Waals surface area contributed by atoms with Crippen LogP contribution in [0.3, 0.4) is 0 Å². The lowest BCUT2D eigenvalue weighted by atomic mass is 10.1. The first-order valence-electron chi connectivity index (χ1n) is 10.5. The number of rotatable bonds is 6. The van der Waals surface area contributed by atoms with Crippen LogP contribution in [0, 0.1) is 4.91 Å². The molecule has 1 N–H and O–H groups in total. The van der Waals surface area contributed by atoms with Crippen LogP contribution in [0.1, 0.15) is 16.8 Å². The molecule has 2 aromatic carbocycles. The maximum absolute atomic E-state index is 13.3. The second-order valence-electron chi connectivity index (χ2n) is 7.81. The van der Waals surface area contributed by atoms with E-state index in [0.29, 0.717) is 25.1 Å². The Morgan fingerprint density at radius 3 is 2.47 bits per heavy atom. The number of carbonyl (C=O) groups excluding carboxylic acids is 1. The summed E-state index contributed by atoms with van der Waals surface area (Å²) >= 11 is 0. The lowest BCUT2D eigenvalue weighted by Crippen LogP contribution is -2.37. The fourth-order valence-corrected chi connectivity index (χ4v) is 4.05. The first-order chi connectivity index (χ1) is 15.7. The Morgan fingerprint density at radius 1 is 0.969 bits per heavy atom. The second kappa shape index (κ2) is 8.55. The zero-order valence-electron chi connectivity index (χ0n) is 17.3. The topological polar surface area (TPSA) is 87.0 Å². The van der Waals surface area contributed by atoms with Crippen LogP contribution in [-0.2, 0) is 17.6 Å². The van der Waals surface area contributed by atoms with Gasteiger partial charge in [-0.25, -0.2) is 4.99 Å². The first kappa shape index (κ1) is 19.8. The molecule has 158 valence electrons.